The van der Waals surface area contributed by atoms with Gasteiger partial charge in [-0.25, -0.2) is 4.39 Å². The number of hydrogen-bond donors (Lipinski definition) is 2. The molecule has 1 atom stereocenters. The number of carbonyl (C=O) groups excluding carboxylic acids is 3. The van der Waals surface area contributed by atoms with Crippen molar-refractivity contribution < 1.29 is 18.8 Å². The highest BCUT2D eigenvalue weighted by molar-refractivity contribution is 5.99. The topological polar surface area (TPSA) is 96.3 Å². The third kappa shape index (κ3) is 4.79. The van der Waals surface area contributed by atoms with E-state index in [4.69, 9.17) is 0 Å². The van der Waals surface area contributed by atoms with E-state index in [2.05, 4.69) is 15.7 Å². The van der Waals surface area contributed by atoms with Crippen LogP contribution in [-0.4, -0.2) is 51.5 Å². The lowest BCUT2D eigenvalue weighted by Crippen LogP contribution is -2.44. The summed E-state index contributed by atoms with van der Waals surface area (Å²) in [6.45, 7) is 5.23. The fraction of sp³-hybridized carbons (Fsp3) is 0.400. The lowest BCUT2D eigenvalue weighted by Gasteiger charge is -2.20. The highest BCUT2D eigenvalue weighted by Crippen LogP contribution is 2.17. The molecule has 9 heteroatoms. The Labute approximate surface area is 168 Å². The van der Waals surface area contributed by atoms with Crippen molar-refractivity contribution in [3.05, 3.63) is 53.1 Å². The molecule has 1 aliphatic heterocycles. The standard InChI is InChI=1S/C20H24FN5O3/c1-3-22-18(27)13(2)23-19(28)16-11-17-20(29)25(9-4-10-26(17)24-16)12-14-5-7-15(21)8-6-14/h5-8,11,13H,3-4,9-10,12H2,1-2H3,(H,22,27)(H,23,28)/t13-/m1/s1. The molecule has 154 valence electrons. The fourth-order valence-electron chi connectivity index (χ4n) is 3.17. The summed E-state index contributed by atoms with van der Waals surface area (Å²) in [6, 6.07) is 6.75. The summed E-state index contributed by atoms with van der Waals surface area (Å²) in [7, 11) is 0. The number of rotatable bonds is 6. The maximum atomic E-state index is 13.1. The Morgan fingerprint density at radius 1 is 1.24 bits per heavy atom. The largest absolute Gasteiger partial charge is 0.355 e. The van der Waals surface area contributed by atoms with E-state index >= 15 is 0 Å². The van der Waals surface area contributed by atoms with E-state index in [1.807, 2.05) is 0 Å². The molecule has 3 rings (SSSR count). The zero-order valence-electron chi connectivity index (χ0n) is 16.4. The third-order valence-corrected chi connectivity index (χ3v) is 4.70. The van der Waals surface area contributed by atoms with Gasteiger partial charge in [-0.3, -0.25) is 19.1 Å². The Balaban J connectivity index is 1.73. The van der Waals surface area contributed by atoms with Crippen molar-refractivity contribution in [1.29, 1.82) is 0 Å². The lowest BCUT2D eigenvalue weighted by molar-refractivity contribution is -0.122. The van der Waals surface area contributed by atoms with Crippen LogP contribution in [0.25, 0.3) is 0 Å². The first kappa shape index (κ1) is 20.5. The minimum absolute atomic E-state index is 0.0909. The Morgan fingerprint density at radius 2 is 1.97 bits per heavy atom. The minimum atomic E-state index is -0.713. The van der Waals surface area contributed by atoms with Crippen molar-refractivity contribution in [3.63, 3.8) is 0 Å². The Bertz CT molecular complexity index is 909. The summed E-state index contributed by atoms with van der Waals surface area (Å²) in [5, 5.41) is 9.47. The molecule has 1 aromatic heterocycles. The van der Waals surface area contributed by atoms with E-state index in [9.17, 15) is 18.8 Å². The summed E-state index contributed by atoms with van der Waals surface area (Å²) >= 11 is 0. The van der Waals surface area contributed by atoms with E-state index in [1.165, 1.54) is 22.9 Å². The second-order valence-corrected chi connectivity index (χ2v) is 6.93. The number of aryl methyl sites for hydroxylation is 1. The predicted octanol–water partition coefficient (Wildman–Crippen LogP) is 1.32. The average molecular weight is 401 g/mol. The van der Waals surface area contributed by atoms with Crippen molar-refractivity contribution in [3.8, 4) is 0 Å². The second kappa shape index (κ2) is 8.85. The summed E-state index contributed by atoms with van der Waals surface area (Å²) < 4.78 is 14.6. The van der Waals surface area contributed by atoms with Gasteiger partial charge in [0.1, 0.15) is 17.6 Å². The number of fused-ring (bicyclic) bond motifs is 1. The van der Waals surface area contributed by atoms with E-state index in [0.717, 1.165) is 5.56 Å². The van der Waals surface area contributed by atoms with Gasteiger partial charge in [0.05, 0.1) is 0 Å². The molecule has 0 saturated heterocycles. The monoisotopic (exact) mass is 401 g/mol. The molecule has 0 radical (unpaired) electrons. The third-order valence-electron chi connectivity index (χ3n) is 4.70. The SMILES string of the molecule is CCNC(=O)[C@@H](C)NC(=O)c1cc2n(n1)CCCN(Cc1ccc(F)cc1)C2=O. The molecule has 0 fully saturated rings. The molecule has 0 aliphatic carbocycles. The molecule has 1 aliphatic rings. The number of benzene rings is 1. The molecule has 2 heterocycles. The molecule has 1 aromatic carbocycles. The van der Waals surface area contributed by atoms with E-state index in [-0.39, 0.29) is 23.3 Å². The van der Waals surface area contributed by atoms with Crippen LogP contribution < -0.4 is 10.6 Å². The van der Waals surface area contributed by atoms with E-state index in [0.29, 0.717) is 38.3 Å². The van der Waals surface area contributed by atoms with Gasteiger partial charge in [0.15, 0.2) is 5.69 Å². The van der Waals surface area contributed by atoms with Gasteiger partial charge in [-0.1, -0.05) is 12.1 Å². The number of carbonyl (C=O) groups is 3. The van der Waals surface area contributed by atoms with Crippen LogP contribution in [0.3, 0.4) is 0 Å². The quantitative estimate of drug-likeness (QED) is 0.763. The first-order valence-corrected chi connectivity index (χ1v) is 9.59. The molecule has 2 N–H and O–H groups in total. The number of nitrogens with zero attached hydrogens (tertiary/aromatic N) is 3. The zero-order chi connectivity index (χ0) is 21.0. The molecule has 3 amide bonds. The minimum Gasteiger partial charge on any atom is -0.355 e. The van der Waals surface area contributed by atoms with Crippen molar-refractivity contribution in [2.75, 3.05) is 13.1 Å². The van der Waals surface area contributed by atoms with E-state index in [1.54, 1.807) is 30.9 Å². The normalized spacial score (nSPS) is 14.7. The molecular formula is C20H24FN5O3. The van der Waals surface area contributed by atoms with Crippen LogP contribution in [0.1, 0.15) is 46.8 Å². The van der Waals surface area contributed by atoms with Crippen molar-refractivity contribution >= 4 is 17.7 Å². The number of nitrogens with one attached hydrogen (secondary N) is 2. The highest BCUT2D eigenvalue weighted by atomic mass is 19.1. The summed E-state index contributed by atoms with van der Waals surface area (Å²) in [5.74, 6) is -1.37. The molecule has 0 saturated carbocycles. The van der Waals surface area contributed by atoms with Crippen LogP contribution in [0.2, 0.25) is 0 Å². The molecule has 0 unspecified atom stereocenters. The van der Waals surface area contributed by atoms with Gasteiger partial charge in [-0.05, 0) is 38.0 Å². The number of aromatic nitrogens is 2. The van der Waals surface area contributed by atoms with Crippen LogP contribution in [0.15, 0.2) is 30.3 Å². The van der Waals surface area contributed by atoms with Crippen LogP contribution in [0, 0.1) is 5.82 Å². The first-order valence-electron chi connectivity index (χ1n) is 9.59. The summed E-state index contributed by atoms with van der Waals surface area (Å²) in [6.07, 6.45) is 0.679. The molecule has 0 spiro atoms. The average Bonchev–Trinajstić information content (AvgIpc) is 3.07. The highest BCUT2D eigenvalue weighted by Gasteiger charge is 2.27. The van der Waals surface area contributed by atoms with Crippen molar-refractivity contribution in [2.45, 2.75) is 39.4 Å². The molecular weight excluding hydrogens is 377 g/mol. The molecule has 29 heavy (non-hydrogen) atoms. The van der Waals surface area contributed by atoms with Gasteiger partial charge < -0.3 is 15.5 Å². The van der Waals surface area contributed by atoms with Gasteiger partial charge in [-0.15, -0.1) is 0 Å². The number of halogens is 1. The zero-order valence-corrected chi connectivity index (χ0v) is 16.4. The van der Waals surface area contributed by atoms with Crippen LogP contribution in [-0.2, 0) is 17.9 Å². The van der Waals surface area contributed by atoms with Gasteiger partial charge in [0.25, 0.3) is 11.8 Å². The van der Waals surface area contributed by atoms with E-state index < -0.39 is 11.9 Å². The van der Waals surface area contributed by atoms with Crippen LogP contribution >= 0.6 is 0 Å². The molecule has 0 bridgehead atoms. The Kier molecular flexibility index (Phi) is 6.26. The Hall–Kier alpha value is -3.23. The summed E-state index contributed by atoms with van der Waals surface area (Å²) in [5.41, 5.74) is 1.23. The van der Waals surface area contributed by atoms with Gasteiger partial charge in [0.2, 0.25) is 5.91 Å². The summed E-state index contributed by atoms with van der Waals surface area (Å²) in [4.78, 5) is 38.9. The van der Waals surface area contributed by atoms with Gasteiger partial charge in [0, 0.05) is 32.2 Å². The number of likely N-dealkylation sites (N-methyl/N-ethyl adjacent to an activating group) is 1. The van der Waals surface area contributed by atoms with Gasteiger partial charge >= 0.3 is 0 Å². The maximum Gasteiger partial charge on any atom is 0.272 e. The van der Waals surface area contributed by atoms with Crippen molar-refractivity contribution in [2.24, 2.45) is 0 Å². The fourth-order valence-corrected chi connectivity index (χ4v) is 3.17. The number of hydrogen-bond acceptors (Lipinski definition) is 4. The van der Waals surface area contributed by atoms with Gasteiger partial charge in [-0.2, -0.15) is 5.10 Å². The smallest absolute Gasteiger partial charge is 0.272 e. The first-order chi connectivity index (χ1) is 13.9. The molecule has 8 nitrogen and oxygen atoms in total. The predicted molar refractivity (Wildman–Crippen MR) is 104 cm³/mol. The lowest BCUT2D eigenvalue weighted by atomic mass is 10.2. The Morgan fingerprint density at radius 3 is 2.66 bits per heavy atom. The van der Waals surface area contributed by atoms with Crippen LogP contribution in [0.4, 0.5) is 4.39 Å². The second-order valence-electron chi connectivity index (χ2n) is 6.93. The number of amides is 3. The molecule has 2 aromatic rings. The van der Waals surface area contributed by atoms with Crippen LogP contribution in [0.5, 0.6) is 0 Å². The maximum absolute atomic E-state index is 13.1. The van der Waals surface area contributed by atoms with Crippen molar-refractivity contribution in [1.82, 2.24) is 25.3 Å².